The van der Waals surface area contributed by atoms with Gasteiger partial charge in [0.1, 0.15) is 11.3 Å². The van der Waals surface area contributed by atoms with Crippen molar-refractivity contribution in [2.75, 3.05) is 0 Å². The lowest BCUT2D eigenvalue weighted by Crippen LogP contribution is -2.25. The average molecular weight is 435 g/mol. The van der Waals surface area contributed by atoms with Gasteiger partial charge in [-0.05, 0) is 53.8 Å². The molecule has 1 N–H and O–H groups in total. The van der Waals surface area contributed by atoms with Crippen LogP contribution in [0.4, 0.5) is 0 Å². The lowest BCUT2D eigenvalue weighted by Gasteiger charge is -2.11. The van der Waals surface area contributed by atoms with Crippen LogP contribution < -0.4 is 4.72 Å². The minimum absolute atomic E-state index is 0.0846. The Labute approximate surface area is 183 Å². The van der Waals surface area contributed by atoms with Crippen molar-refractivity contribution < 1.29 is 8.42 Å². The molecular formula is C24H26N4O2S. The van der Waals surface area contributed by atoms with Gasteiger partial charge in [0.15, 0.2) is 5.65 Å². The van der Waals surface area contributed by atoms with Gasteiger partial charge in [-0.25, -0.2) is 23.1 Å². The Balaban J connectivity index is 1.61. The van der Waals surface area contributed by atoms with E-state index in [-0.39, 0.29) is 11.4 Å². The van der Waals surface area contributed by atoms with Gasteiger partial charge in [0.2, 0.25) is 10.0 Å². The predicted octanol–water partition coefficient (Wildman–Crippen LogP) is 4.08. The fraction of sp³-hybridized carbons (Fsp3) is 0.250. The summed E-state index contributed by atoms with van der Waals surface area (Å²) in [5.41, 5.74) is 4.97. The summed E-state index contributed by atoms with van der Waals surface area (Å²) in [5.74, 6) is 0.627. The summed E-state index contributed by atoms with van der Waals surface area (Å²) in [6, 6.07) is 19.1. The molecule has 4 rings (SSSR count). The molecule has 31 heavy (non-hydrogen) atoms. The van der Waals surface area contributed by atoms with Crippen LogP contribution in [-0.4, -0.2) is 23.0 Å². The average Bonchev–Trinajstić information content (AvgIpc) is 3.16. The summed E-state index contributed by atoms with van der Waals surface area (Å²) in [7, 11) is -3.64. The molecule has 0 aliphatic carbocycles. The summed E-state index contributed by atoms with van der Waals surface area (Å²) in [5, 5.41) is 0. The molecule has 0 aliphatic heterocycles. The third kappa shape index (κ3) is 4.68. The molecule has 6 nitrogen and oxygen atoms in total. The Morgan fingerprint density at radius 1 is 0.871 bits per heavy atom. The largest absolute Gasteiger partial charge is 0.307 e. The van der Waals surface area contributed by atoms with Crippen molar-refractivity contribution in [2.24, 2.45) is 0 Å². The predicted molar refractivity (Wildman–Crippen MR) is 122 cm³/mol. The molecular weight excluding hydrogens is 408 g/mol. The third-order valence-corrected chi connectivity index (χ3v) is 6.83. The summed E-state index contributed by atoms with van der Waals surface area (Å²) in [4.78, 5) is 9.37. The molecule has 0 aliphatic rings. The number of benzene rings is 2. The van der Waals surface area contributed by atoms with Crippen LogP contribution >= 0.6 is 0 Å². The molecule has 4 aromatic rings. The zero-order valence-corrected chi connectivity index (χ0v) is 18.6. The van der Waals surface area contributed by atoms with Crippen molar-refractivity contribution >= 4 is 21.2 Å². The van der Waals surface area contributed by atoms with Crippen LogP contribution in [0.25, 0.3) is 11.2 Å². The number of nitrogens with one attached hydrogen (secondary N) is 1. The number of pyridine rings is 1. The molecule has 0 saturated heterocycles. The molecule has 0 bridgehead atoms. The van der Waals surface area contributed by atoms with Crippen molar-refractivity contribution in [2.45, 2.75) is 44.7 Å². The Morgan fingerprint density at radius 2 is 1.48 bits per heavy atom. The second-order valence-corrected chi connectivity index (χ2v) is 9.22. The normalized spacial score (nSPS) is 11.8. The van der Waals surface area contributed by atoms with Crippen molar-refractivity contribution in [3.8, 4) is 0 Å². The van der Waals surface area contributed by atoms with Gasteiger partial charge in [-0.3, -0.25) is 0 Å². The summed E-state index contributed by atoms with van der Waals surface area (Å²) in [6.07, 6.45) is 3.58. The zero-order valence-electron chi connectivity index (χ0n) is 17.7. The van der Waals surface area contributed by atoms with Gasteiger partial charge in [0, 0.05) is 6.20 Å². The van der Waals surface area contributed by atoms with Crippen molar-refractivity contribution in [3.05, 3.63) is 89.4 Å². The van der Waals surface area contributed by atoms with E-state index in [2.05, 4.69) is 45.9 Å². The second-order valence-electron chi connectivity index (χ2n) is 7.45. The molecule has 7 heteroatoms. The molecule has 0 amide bonds. The van der Waals surface area contributed by atoms with Gasteiger partial charge >= 0.3 is 0 Å². The van der Waals surface area contributed by atoms with Crippen LogP contribution in [0.2, 0.25) is 0 Å². The number of aryl methyl sites for hydroxylation is 2. The third-order valence-electron chi connectivity index (χ3n) is 5.42. The van der Waals surface area contributed by atoms with E-state index in [0.29, 0.717) is 12.4 Å². The number of hydrogen-bond acceptors (Lipinski definition) is 4. The van der Waals surface area contributed by atoms with Gasteiger partial charge in [0.05, 0.1) is 18.0 Å². The molecule has 0 radical (unpaired) electrons. The van der Waals surface area contributed by atoms with E-state index in [1.807, 2.05) is 35.8 Å². The number of fused-ring (bicyclic) bond motifs is 1. The molecule has 0 saturated carbocycles. The van der Waals surface area contributed by atoms with E-state index >= 15 is 0 Å². The van der Waals surface area contributed by atoms with Crippen LogP contribution in [0.5, 0.6) is 0 Å². The molecule has 0 fully saturated rings. The highest BCUT2D eigenvalue weighted by Gasteiger charge is 2.17. The smallest absolute Gasteiger partial charge is 0.240 e. The molecule has 2 heterocycles. The molecule has 2 aromatic carbocycles. The number of nitrogens with zero attached hydrogens (tertiary/aromatic N) is 3. The Morgan fingerprint density at radius 3 is 2.13 bits per heavy atom. The van der Waals surface area contributed by atoms with Gasteiger partial charge in [-0.15, -0.1) is 0 Å². The maximum atomic E-state index is 12.8. The Hall–Kier alpha value is -3.03. The zero-order chi connectivity index (χ0) is 21.8. The fourth-order valence-corrected chi connectivity index (χ4v) is 4.50. The Kier molecular flexibility index (Phi) is 6.15. The topological polar surface area (TPSA) is 76.9 Å². The lowest BCUT2D eigenvalue weighted by atomic mass is 10.1. The number of rotatable bonds is 8. The number of hydrogen-bond donors (Lipinski definition) is 1. The quantitative estimate of drug-likeness (QED) is 0.453. The standard InChI is InChI=1S/C24H26N4O2S/c1-3-18-7-9-20(10-8-18)17-28-23(27-22-6-5-15-25-24(22)28)16-26-31(29,30)21-13-11-19(4-2)12-14-21/h5-15,26H,3-4,16-17H2,1-2H3. The number of imidazole rings is 1. The number of aromatic nitrogens is 3. The van der Waals surface area contributed by atoms with Crippen molar-refractivity contribution in [1.29, 1.82) is 0 Å². The van der Waals surface area contributed by atoms with E-state index in [9.17, 15) is 8.42 Å². The molecule has 160 valence electrons. The SMILES string of the molecule is CCc1ccc(Cn2c(CNS(=O)(=O)c3ccc(CC)cc3)nc3cccnc32)cc1. The first-order chi connectivity index (χ1) is 15.0. The summed E-state index contributed by atoms with van der Waals surface area (Å²) in [6.45, 7) is 4.82. The van der Waals surface area contributed by atoms with E-state index in [1.54, 1.807) is 18.3 Å². The minimum atomic E-state index is -3.64. The van der Waals surface area contributed by atoms with E-state index in [0.717, 1.165) is 35.1 Å². The molecule has 0 unspecified atom stereocenters. The van der Waals surface area contributed by atoms with Crippen LogP contribution in [0.1, 0.15) is 36.4 Å². The number of sulfonamides is 1. The lowest BCUT2D eigenvalue weighted by molar-refractivity contribution is 0.576. The first-order valence-electron chi connectivity index (χ1n) is 10.5. The van der Waals surface area contributed by atoms with Crippen LogP contribution in [-0.2, 0) is 36.0 Å². The fourth-order valence-electron chi connectivity index (χ4n) is 3.52. The van der Waals surface area contributed by atoms with Gasteiger partial charge in [0.25, 0.3) is 0 Å². The molecule has 0 spiro atoms. The first-order valence-corrected chi connectivity index (χ1v) is 11.9. The van der Waals surface area contributed by atoms with Crippen LogP contribution in [0.15, 0.2) is 71.8 Å². The maximum absolute atomic E-state index is 12.8. The van der Waals surface area contributed by atoms with Gasteiger partial charge in [-0.2, -0.15) is 0 Å². The minimum Gasteiger partial charge on any atom is -0.307 e. The molecule has 2 aromatic heterocycles. The van der Waals surface area contributed by atoms with E-state index in [1.165, 1.54) is 5.56 Å². The highest BCUT2D eigenvalue weighted by Crippen LogP contribution is 2.18. The van der Waals surface area contributed by atoms with Crippen LogP contribution in [0.3, 0.4) is 0 Å². The summed E-state index contributed by atoms with van der Waals surface area (Å²) >= 11 is 0. The second kappa shape index (κ2) is 8.99. The van der Waals surface area contributed by atoms with Gasteiger partial charge in [-0.1, -0.05) is 50.2 Å². The van der Waals surface area contributed by atoms with Crippen molar-refractivity contribution in [1.82, 2.24) is 19.3 Å². The van der Waals surface area contributed by atoms with Crippen molar-refractivity contribution in [3.63, 3.8) is 0 Å². The van der Waals surface area contributed by atoms with Gasteiger partial charge < -0.3 is 4.57 Å². The van der Waals surface area contributed by atoms with Crippen LogP contribution in [0, 0.1) is 0 Å². The van der Waals surface area contributed by atoms with E-state index in [4.69, 9.17) is 0 Å². The maximum Gasteiger partial charge on any atom is 0.240 e. The van der Waals surface area contributed by atoms with E-state index < -0.39 is 10.0 Å². The molecule has 0 atom stereocenters. The Bertz CT molecular complexity index is 1280. The monoisotopic (exact) mass is 434 g/mol. The highest BCUT2D eigenvalue weighted by molar-refractivity contribution is 7.89. The first kappa shape index (κ1) is 21.2. The highest BCUT2D eigenvalue weighted by atomic mass is 32.2. The summed E-state index contributed by atoms with van der Waals surface area (Å²) < 4.78 is 30.3.